The molecule has 5 nitrogen and oxygen atoms in total. The first-order chi connectivity index (χ1) is 12.8. The fourth-order valence-corrected chi connectivity index (χ4v) is 3.89. The Bertz CT molecular complexity index is 905. The lowest BCUT2D eigenvalue weighted by Crippen LogP contribution is -2.38. The highest BCUT2D eigenvalue weighted by Crippen LogP contribution is 2.17. The Morgan fingerprint density at radius 1 is 1.04 bits per heavy atom. The summed E-state index contributed by atoms with van der Waals surface area (Å²) >= 11 is 0. The van der Waals surface area contributed by atoms with Gasteiger partial charge < -0.3 is 10.6 Å². The summed E-state index contributed by atoms with van der Waals surface area (Å²) in [5.41, 5.74) is 4.30. The molecule has 0 aliphatic rings. The first-order valence-electron chi connectivity index (χ1n) is 9.17. The topological polar surface area (TPSA) is 70.6 Å². The van der Waals surface area contributed by atoms with E-state index in [0.717, 1.165) is 36.6 Å². The van der Waals surface area contributed by atoms with Crippen molar-refractivity contribution in [3.63, 3.8) is 0 Å². The largest absolute Gasteiger partial charge is 0.357 e. The minimum atomic E-state index is -3.19. The number of aliphatic imine (C=N–C) groups is 1. The molecule has 2 N–H and O–H groups in total. The number of rotatable bonds is 7. The first kappa shape index (κ1) is 21.0. The van der Waals surface area contributed by atoms with E-state index in [1.54, 1.807) is 6.07 Å². The fourth-order valence-electron chi connectivity index (χ4n) is 2.93. The third-order valence-corrected chi connectivity index (χ3v) is 5.45. The van der Waals surface area contributed by atoms with Crippen LogP contribution in [-0.4, -0.2) is 33.7 Å². The van der Waals surface area contributed by atoms with E-state index in [1.807, 2.05) is 26.0 Å². The van der Waals surface area contributed by atoms with Gasteiger partial charge in [0.25, 0.3) is 0 Å². The molecule has 2 rings (SSSR count). The smallest absolute Gasteiger partial charge is 0.191 e. The average Bonchev–Trinajstić information content (AvgIpc) is 2.58. The van der Waals surface area contributed by atoms with E-state index in [9.17, 15) is 8.42 Å². The molecule has 2 aromatic rings. The molecule has 146 valence electrons. The zero-order chi connectivity index (χ0) is 19.9. The number of guanidine groups is 1. The van der Waals surface area contributed by atoms with Crippen LogP contribution in [0.3, 0.4) is 0 Å². The molecule has 27 heavy (non-hydrogen) atoms. The molecule has 0 aliphatic heterocycles. The van der Waals surface area contributed by atoms with Gasteiger partial charge in [0.1, 0.15) is 0 Å². The van der Waals surface area contributed by atoms with Crippen molar-refractivity contribution >= 4 is 15.8 Å². The molecular formula is C21H29N3O2S. The third-order valence-electron chi connectivity index (χ3n) is 4.19. The minimum Gasteiger partial charge on any atom is -0.357 e. The fraction of sp³-hybridized carbons (Fsp3) is 0.381. The van der Waals surface area contributed by atoms with Gasteiger partial charge in [0, 0.05) is 19.3 Å². The Morgan fingerprint density at radius 3 is 2.44 bits per heavy atom. The standard InChI is InChI=1S/C21H29N3O2S/c1-5-22-21(23-12-11-18-8-6-7-16(2)13-18)24-15-19-9-10-20(17(3)14-19)27(4,25)26/h6-10,13-14H,5,11-12,15H2,1-4H3,(H2,22,23,24). The second-order valence-electron chi connectivity index (χ2n) is 6.73. The number of hydrogen-bond acceptors (Lipinski definition) is 3. The van der Waals surface area contributed by atoms with Gasteiger partial charge >= 0.3 is 0 Å². The first-order valence-corrected chi connectivity index (χ1v) is 11.1. The van der Waals surface area contributed by atoms with E-state index in [-0.39, 0.29) is 0 Å². The van der Waals surface area contributed by atoms with Gasteiger partial charge in [-0.25, -0.2) is 13.4 Å². The van der Waals surface area contributed by atoms with Crippen molar-refractivity contribution in [2.45, 2.75) is 38.6 Å². The molecule has 0 fully saturated rings. The monoisotopic (exact) mass is 387 g/mol. The van der Waals surface area contributed by atoms with Gasteiger partial charge in [-0.3, -0.25) is 0 Å². The summed E-state index contributed by atoms with van der Waals surface area (Å²) in [6, 6.07) is 13.9. The van der Waals surface area contributed by atoms with Gasteiger partial charge in [-0.15, -0.1) is 0 Å². The molecule has 0 saturated carbocycles. The number of hydrogen-bond donors (Lipinski definition) is 2. The third kappa shape index (κ3) is 6.71. The molecular weight excluding hydrogens is 358 g/mol. The molecule has 0 spiro atoms. The molecule has 0 aliphatic carbocycles. The lowest BCUT2D eigenvalue weighted by molar-refractivity contribution is 0.601. The molecule has 0 unspecified atom stereocenters. The van der Waals surface area contributed by atoms with Gasteiger partial charge in [0.05, 0.1) is 11.4 Å². The molecule has 0 atom stereocenters. The van der Waals surface area contributed by atoms with E-state index in [2.05, 4.69) is 46.8 Å². The maximum absolute atomic E-state index is 11.7. The van der Waals surface area contributed by atoms with Crippen LogP contribution < -0.4 is 10.6 Å². The Morgan fingerprint density at radius 2 is 1.81 bits per heavy atom. The van der Waals surface area contributed by atoms with Gasteiger partial charge in [-0.1, -0.05) is 42.0 Å². The van der Waals surface area contributed by atoms with Crippen molar-refractivity contribution in [2.75, 3.05) is 19.3 Å². The molecule has 0 saturated heterocycles. The maximum Gasteiger partial charge on any atom is 0.191 e. The second-order valence-corrected chi connectivity index (χ2v) is 8.72. The van der Waals surface area contributed by atoms with Crippen LogP contribution in [-0.2, 0) is 22.8 Å². The summed E-state index contributed by atoms with van der Waals surface area (Å²) in [6.45, 7) is 8.01. The van der Waals surface area contributed by atoms with Crippen molar-refractivity contribution in [3.05, 3.63) is 64.7 Å². The number of sulfone groups is 1. The van der Waals surface area contributed by atoms with Crippen LogP contribution in [0.25, 0.3) is 0 Å². The highest BCUT2D eigenvalue weighted by Gasteiger charge is 2.10. The predicted octanol–water partition coefficient (Wildman–Crippen LogP) is 3.00. The van der Waals surface area contributed by atoms with Crippen LogP contribution in [0.5, 0.6) is 0 Å². The van der Waals surface area contributed by atoms with E-state index < -0.39 is 9.84 Å². The van der Waals surface area contributed by atoms with E-state index in [4.69, 9.17) is 0 Å². The molecule has 0 aromatic heterocycles. The lowest BCUT2D eigenvalue weighted by atomic mass is 10.1. The summed E-state index contributed by atoms with van der Waals surface area (Å²) in [5, 5.41) is 6.60. The highest BCUT2D eigenvalue weighted by atomic mass is 32.2. The average molecular weight is 388 g/mol. The molecule has 0 bridgehead atoms. The van der Waals surface area contributed by atoms with Crippen molar-refractivity contribution in [3.8, 4) is 0 Å². The minimum absolute atomic E-state index is 0.374. The normalized spacial score (nSPS) is 12.1. The van der Waals surface area contributed by atoms with E-state index in [0.29, 0.717) is 11.4 Å². The summed E-state index contributed by atoms with van der Waals surface area (Å²) < 4.78 is 23.4. The SMILES string of the molecule is CCNC(=NCc1ccc(S(C)(=O)=O)c(C)c1)NCCc1cccc(C)c1. The Hall–Kier alpha value is -2.34. The number of aryl methyl sites for hydroxylation is 2. The van der Waals surface area contributed by atoms with Crippen LogP contribution in [0.2, 0.25) is 0 Å². The molecule has 0 heterocycles. The predicted molar refractivity (Wildman–Crippen MR) is 112 cm³/mol. The summed E-state index contributed by atoms with van der Waals surface area (Å²) in [5.74, 6) is 0.759. The van der Waals surface area contributed by atoms with Crippen LogP contribution >= 0.6 is 0 Å². The van der Waals surface area contributed by atoms with Gasteiger partial charge in [-0.2, -0.15) is 0 Å². The van der Waals surface area contributed by atoms with Crippen LogP contribution in [0.1, 0.15) is 29.2 Å². The number of nitrogens with zero attached hydrogens (tertiary/aromatic N) is 1. The molecule has 6 heteroatoms. The lowest BCUT2D eigenvalue weighted by Gasteiger charge is -2.12. The zero-order valence-corrected chi connectivity index (χ0v) is 17.4. The molecule has 2 aromatic carbocycles. The highest BCUT2D eigenvalue weighted by molar-refractivity contribution is 7.90. The van der Waals surface area contributed by atoms with Crippen LogP contribution in [0.4, 0.5) is 0 Å². The number of benzene rings is 2. The Kier molecular flexibility index (Phi) is 7.42. The van der Waals surface area contributed by atoms with Crippen molar-refractivity contribution in [1.29, 1.82) is 0 Å². The maximum atomic E-state index is 11.7. The summed E-state index contributed by atoms with van der Waals surface area (Å²) in [7, 11) is -3.19. The van der Waals surface area contributed by atoms with Gasteiger partial charge in [-0.05, 0) is 49.9 Å². The van der Waals surface area contributed by atoms with Crippen molar-refractivity contribution < 1.29 is 8.42 Å². The second kappa shape index (κ2) is 9.55. The van der Waals surface area contributed by atoms with E-state index in [1.165, 1.54) is 17.4 Å². The quantitative estimate of drug-likeness (QED) is 0.566. The van der Waals surface area contributed by atoms with E-state index >= 15 is 0 Å². The zero-order valence-electron chi connectivity index (χ0n) is 16.5. The van der Waals surface area contributed by atoms with Crippen LogP contribution in [0, 0.1) is 13.8 Å². The Balaban J connectivity index is 1.99. The van der Waals surface area contributed by atoms with Crippen LogP contribution in [0.15, 0.2) is 52.4 Å². The Labute approximate surface area is 162 Å². The van der Waals surface area contributed by atoms with Gasteiger partial charge in [0.15, 0.2) is 15.8 Å². The number of nitrogens with one attached hydrogen (secondary N) is 2. The van der Waals surface area contributed by atoms with Crippen molar-refractivity contribution in [1.82, 2.24) is 10.6 Å². The summed E-state index contributed by atoms with van der Waals surface area (Å²) in [4.78, 5) is 4.98. The molecule has 0 amide bonds. The summed E-state index contributed by atoms with van der Waals surface area (Å²) in [6.07, 6.45) is 2.16. The van der Waals surface area contributed by atoms with Gasteiger partial charge in [0.2, 0.25) is 0 Å². The molecule has 0 radical (unpaired) electrons. The van der Waals surface area contributed by atoms with Crippen molar-refractivity contribution in [2.24, 2.45) is 4.99 Å².